The van der Waals surface area contributed by atoms with E-state index in [0.29, 0.717) is 50.3 Å². The number of aryl methyl sites for hydroxylation is 1. The molecule has 1 aromatic carbocycles. The van der Waals surface area contributed by atoms with E-state index in [1.54, 1.807) is 46.3 Å². The number of fused-ring (bicyclic) bond motifs is 4. The van der Waals surface area contributed by atoms with Gasteiger partial charge in [-0.15, -0.1) is 0 Å². The summed E-state index contributed by atoms with van der Waals surface area (Å²) in [5, 5.41) is 0. The van der Waals surface area contributed by atoms with Gasteiger partial charge in [-0.05, 0) is 43.7 Å². The molecule has 10 heteroatoms. The van der Waals surface area contributed by atoms with E-state index < -0.39 is 6.11 Å². The third kappa shape index (κ3) is 3.59. The summed E-state index contributed by atoms with van der Waals surface area (Å²) >= 11 is 0. The zero-order chi connectivity index (χ0) is 24.5. The average Bonchev–Trinajstić information content (AvgIpc) is 3.37. The van der Waals surface area contributed by atoms with Crippen molar-refractivity contribution in [3.8, 4) is 17.2 Å². The number of hydrogen-bond acceptors (Lipinski definition) is 5. The smallest absolute Gasteiger partial charge is 0.394 e. The topological polar surface area (TPSA) is 78.6 Å². The maximum absolute atomic E-state index is 13.4. The van der Waals surface area contributed by atoms with Crippen molar-refractivity contribution >= 4 is 5.91 Å². The Balaban J connectivity index is 1.29. The van der Waals surface area contributed by atoms with Crippen molar-refractivity contribution in [2.24, 2.45) is 5.92 Å². The number of hydrogen-bond donors (Lipinski definition) is 0. The van der Waals surface area contributed by atoms with Crippen LogP contribution in [0.4, 0.5) is 8.78 Å². The summed E-state index contributed by atoms with van der Waals surface area (Å²) < 4.78 is 40.7. The second kappa shape index (κ2) is 7.40. The predicted octanol–water partition coefficient (Wildman–Crippen LogP) is 3.14. The summed E-state index contributed by atoms with van der Waals surface area (Å²) in [5.74, 6) is 0.668. The maximum atomic E-state index is 13.4. The zero-order valence-electron chi connectivity index (χ0n) is 19.3. The van der Waals surface area contributed by atoms with Crippen LogP contribution in [0.25, 0.3) is 5.69 Å². The summed E-state index contributed by atoms with van der Waals surface area (Å²) in [6, 6.07) is 8.06. The number of amides is 1. The fourth-order valence-electron chi connectivity index (χ4n) is 5.39. The van der Waals surface area contributed by atoms with Gasteiger partial charge in [0.25, 0.3) is 11.5 Å². The molecule has 0 radical (unpaired) electrons. The molecule has 3 aliphatic rings. The lowest BCUT2D eigenvalue weighted by Crippen LogP contribution is -2.48. The highest BCUT2D eigenvalue weighted by molar-refractivity contribution is 5.93. The van der Waals surface area contributed by atoms with Crippen LogP contribution in [0.15, 0.2) is 47.7 Å². The second-order valence-electron chi connectivity index (χ2n) is 9.65. The summed E-state index contributed by atoms with van der Waals surface area (Å²) in [6.45, 7) is 4.24. The lowest BCUT2D eigenvalue weighted by molar-refractivity contribution is -0.159. The number of pyridine rings is 1. The fourth-order valence-corrected chi connectivity index (χ4v) is 5.39. The van der Waals surface area contributed by atoms with Crippen molar-refractivity contribution in [1.29, 1.82) is 0 Å². The van der Waals surface area contributed by atoms with Crippen molar-refractivity contribution in [3.63, 3.8) is 0 Å². The molecule has 6 rings (SSSR count). The second-order valence-corrected chi connectivity index (χ2v) is 9.65. The first-order chi connectivity index (χ1) is 16.6. The molecular weight excluding hydrogens is 458 g/mol. The Labute approximate surface area is 199 Å². The van der Waals surface area contributed by atoms with E-state index in [9.17, 15) is 18.4 Å². The maximum Gasteiger partial charge on any atom is 0.394 e. The molecule has 1 fully saturated rings. The van der Waals surface area contributed by atoms with Crippen LogP contribution >= 0.6 is 0 Å². The molecule has 8 nitrogen and oxygen atoms in total. The molecule has 1 saturated carbocycles. The highest BCUT2D eigenvalue weighted by atomic mass is 19.3. The number of rotatable bonds is 5. The number of benzene rings is 1. The SMILES string of the molecule is Cc1cn(-c2ccc3n(c2=O)CCN(CC24C[C@@H]2COc2ccc(OC(C)(F)F)cc24)C3=O)cn1. The zero-order valence-corrected chi connectivity index (χ0v) is 19.3. The first kappa shape index (κ1) is 21.8. The average molecular weight is 482 g/mol. The summed E-state index contributed by atoms with van der Waals surface area (Å²) in [5.41, 5.74) is 1.75. The summed E-state index contributed by atoms with van der Waals surface area (Å²) in [4.78, 5) is 32.4. The Hall–Kier alpha value is -3.69. The standard InChI is InChI=1S/C25H24F2N4O4/c1-15-11-30(14-28-15)19-4-5-20-22(32)29(7-8-31(20)23(19)33)13-25-10-16(25)12-34-21-6-3-17(9-18(21)25)35-24(2,26)27/h3-6,9,11,14,16H,7-8,10,12-13H2,1-2H3/t16-,25?/m1/s1. The highest BCUT2D eigenvalue weighted by Crippen LogP contribution is 2.60. The molecular formula is C25H24F2N4O4. The van der Waals surface area contributed by atoms with Crippen LogP contribution in [0.2, 0.25) is 0 Å². The van der Waals surface area contributed by atoms with Gasteiger partial charge >= 0.3 is 6.11 Å². The first-order valence-corrected chi connectivity index (χ1v) is 11.5. The van der Waals surface area contributed by atoms with Crippen molar-refractivity contribution in [1.82, 2.24) is 19.0 Å². The Morgan fingerprint density at radius 3 is 2.80 bits per heavy atom. The lowest BCUT2D eigenvalue weighted by Gasteiger charge is -2.35. The van der Waals surface area contributed by atoms with Crippen LogP contribution in [-0.2, 0) is 12.0 Å². The van der Waals surface area contributed by atoms with E-state index in [1.165, 1.54) is 10.6 Å². The largest absolute Gasteiger partial charge is 0.493 e. The Morgan fingerprint density at radius 1 is 1.23 bits per heavy atom. The van der Waals surface area contributed by atoms with Crippen LogP contribution in [0.3, 0.4) is 0 Å². The molecule has 0 spiro atoms. The third-order valence-corrected chi connectivity index (χ3v) is 7.17. The van der Waals surface area contributed by atoms with E-state index in [4.69, 9.17) is 9.47 Å². The van der Waals surface area contributed by atoms with Gasteiger partial charge in [0.2, 0.25) is 0 Å². The van der Waals surface area contributed by atoms with Crippen molar-refractivity contribution in [2.75, 3.05) is 19.7 Å². The number of carbonyl (C=O) groups is 1. The van der Waals surface area contributed by atoms with Gasteiger partial charge < -0.3 is 23.5 Å². The molecule has 2 aromatic heterocycles. The molecule has 2 aliphatic heterocycles. The number of alkyl halides is 2. The van der Waals surface area contributed by atoms with Crippen LogP contribution in [0.5, 0.6) is 11.5 Å². The number of halogens is 2. The van der Waals surface area contributed by atoms with Gasteiger partial charge in [-0.25, -0.2) is 4.98 Å². The Kier molecular flexibility index (Phi) is 4.61. The van der Waals surface area contributed by atoms with E-state index in [-0.39, 0.29) is 28.5 Å². The van der Waals surface area contributed by atoms with E-state index in [2.05, 4.69) is 4.98 Å². The van der Waals surface area contributed by atoms with Crippen molar-refractivity contribution < 1.29 is 23.0 Å². The molecule has 2 atom stereocenters. The Morgan fingerprint density at radius 2 is 2.06 bits per heavy atom. The van der Waals surface area contributed by atoms with Crippen molar-refractivity contribution in [2.45, 2.75) is 38.3 Å². The number of imidazole rings is 1. The minimum atomic E-state index is -3.30. The normalized spacial score (nSPS) is 22.7. The van der Waals surface area contributed by atoms with Gasteiger partial charge in [0.1, 0.15) is 22.9 Å². The lowest BCUT2D eigenvalue weighted by atomic mass is 9.89. The molecule has 182 valence electrons. The number of carbonyl (C=O) groups excluding carboxylic acids is 1. The fraction of sp³-hybridized carbons (Fsp3) is 0.400. The highest BCUT2D eigenvalue weighted by Gasteiger charge is 2.60. The Bertz CT molecular complexity index is 1410. The molecule has 0 N–H and O–H groups in total. The van der Waals surface area contributed by atoms with Gasteiger partial charge in [-0.3, -0.25) is 9.59 Å². The molecule has 1 unspecified atom stereocenters. The van der Waals surface area contributed by atoms with Crippen LogP contribution in [0.1, 0.15) is 35.1 Å². The van der Waals surface area contributed by atoms with Gasteiger partial charge in [0, 0.05) is 49.7 Å². The molecule has 0 saturated heterocycles. The molecule has 0 bridgehead atoms. The minimum Gasteiger partial charge on any atom is -0.493 e. The predicted molar refractivity (Wildman–Crippen MR) is 121 cm³/mol. The van der Waals surface area contributed by atoms with Gasteiger partial charge in [0.05, 0.1) is 18.6 Å². The van der Waals surface area contributed by atoms with Crippen LogP contribution < -0.4 is 15.0 Å². The summed E-state index contributed by atoms with van der Waals surface area (Å²) in [6.07, 6.45) is 0.842. The van der Waals surface area contributed by atoms with Gasteiger partial charge in [-0.2, -0.15) is 8.78 Å². The molecule has 4 heterocycles. The summed E-state index contributed by atoms with van der Waals surface area (Å²) in [7, 11) is 0. The van der Waals surface area contributed by atoms with Crippen LogP contribution in [0, 0.1) is 12.8 Å². The number of ether oxygens (including phenoxy) is 2. The molecule has 35 heavy (non-hydrogen) atoms. The molecule has 1 aliphatic carbocycles. The minimum absolute atomic E-state index is 0.0657. The van der Waals surface area contributed by atoms with Crippen LogP contribution in [-0.4, -0.2) is 50.7 Å². The first-order valence-electron chi connectivity index (χ1n) is 11.5. The molecule has 1 amide bonds. The van der Waals surface area contributed by atoms with E-state index >= 15 is 0 Å². The quantitative estimate of drug-likeness (QED) is 0.559. The van der Waals surface area contributed by atoms with Gasteiger partial charge in [-0.1, -0.05) is 0 Å². The third-order valence-electron chi connectivity index (χ3n) is 7.17. The number of aromatic nitrogens is 3. The van der Waals surface area contributed by atoms with Gasteiger partial charge in [0.15, 0.2) is 0 Å². The molecule has 3 aromatic rings. The van der Waals surface area contributed by atoms with E-state index in [0.717, 1.165) is 17.7 Å². The monoisotopic (exact) mass is 482 g/mol. The van der Waals surface area contributed by atoms with Crippen molar-refractivity contribution in [3.05, 3.63) is 70.2 Å². The van der Waals surface area contributed by atoms with E-state index in [1.807, 2.05) is 6.92 Å². The number of nitrogens with zero attached hydrogens (tertiary/aromatic N) is 4.